The van der Waals surface area contributed by atoms with Crippen molar-refractivity contribution in [1.29, 1.82) is 5.26 Å². The number of ketones is 1. The summed E-state index contributed by atoms with van der Waals surface area (Å²) in [6, 6.07) is 22.0. The summed E-state index contributed by atoms with van der Waals surface area (Å²) in [5.74, 6) is 0.636. The molecule has 210 valence electrons. The number of carbonyl (C=O) groups excluding carboxylic acids is 1. The fraction of sp³-hybridized carbons (Fsp3) is 0.314. The normalized spacial score (nSPS) is 18.3. The first-order valence-electron chi connectivity index (χ1n) is 14.1. The smallest absolute Gasteiger partial charge is 0.162 e. The molecule has 1 aliphatic heterocycles. The molecule has 3 aromatic carbocycles. The Morgan fingerprint density at radius 1 is 1.07 bits per heavy atom. The van der Waals surface area contributed by atoms with E-state index < -0.39 is 5.92 Å². The number of rotatable bonds is 6. The van der Waals surface area contributed by atoms with E-state index in [9.17, 15) is 10.1 Å². The molecule has 1 aliphatic carbocycles. The molecule has 0 spiro atoms. The summed E-state index contributed by atoms with van der Waals surface area (Å²) in [4.78, 5) is 16.0. The van der Waals surface area contributed by atoms with E-state index in [0.29, 0.717) is 41.4 Å². The number of nitrogens with two attached hydrogens (primary N) is 1. The Morgan fingerprint density at radius 2 is 1.78 bits per heavy atom. The quantitative estimate of drug-likeness (QED) is 0.327. The second kappa shape index (κ2) is 11.1. The van der Waals surface area contributed by atoms with Crippen molar-refractivity contribution in [2.75, 3.05) is 4.90 Å². The maximum atomic E-state index is 14.1. The fourth-order valence-corrected chi connectivity index (χ4v) is 6.35. The minimum Gasteiger partial charge on any atom is -0.489 e. The Morgan fingerprint density at radius 3 is 2.46 bits per heavy atom. The van der Waals surface area contributed by atoms with E-state index >= 15 is 0 Å². The predicted molar refractivity (Wildman–Crippen MR) is 165 cm³/mol. The van der Waals surface area contributed by atoms with Gasteiger partial charge in [0, 0.05) is 22.7 Å². The van der Waals surface area contributed by atoms with Crippen molar-refractivity contribution >= 4 is 23.1 Å². The van der Waals surface area contributed by atoms with Crippen molar-refractivity contribution in [3.63, 3.8) is 0 Å². The Balaban J connectivity index is 1.68. The molecule has 0 radical (unpaired) electrons. The van der Waals surface area contributed by atoms with Gasteiger partial charge in [-0.3, -0.25) is 9.69 Å². The lowest BCUT2D eigenvalue weighted by atomic mass is 9.67. The molecule has 6 heteroatoms. The number of anilines is 1. The molecule has 2 N–H and O–H groups in total. The third-order valence-electron chi connectivity index (χ3n) is 8.21. The first-order chi connectivity index (χ1) is 19.5. The van der Waals surface area contributed by atoms with Crippen LogP contribution in [0.15, 0.2) is 83.3 Å². The van der Waals surface area contributed by atoms with E-state index in [1.165, 1.54) is 0 Å². The van der Waals surface area contributed by atoms with Gasteiger partial charge in [-0.05, 0) is 84.7 Å². The topological polar surface area (TPSA) is 79.3 Å². The molecule has 5 nitrogen and oxygen atoms in total. The van der Waals surface area contributed by atoms with Gasteiger partial charge < -0.3 is 10.5 Å². The van der Waals surface area contributed by atoms with E-state index in [2.05, 4.69) is 45.0 Å². The third-order valence-corrected chi connectivity index (χ3v) is 8.47. The Labute approximate surface area is 247 Å². The maximum absolute atomic E-state index is 14.1. The highest BCUT2D eigenvalue weighted by molar-refractivity contribution is 6.30. The highest BCUT2D eigenvalue weighted by atomic mass is 35.5. The highest BCUT2D eigenvalue weighted by Gasteiger charge is 2.45. The Kier molecular flexibility index (Phi) is 7.72. The van der Waals surface area contributed by atoms with Crippen LogP contribution in [0, 0.1) is 30.6 Å². The molecule has 1 atom stereocenters. The van der Waals surface area contributed by atoms with Crippen LogP contribution in [0.5, 0.6) is 5.75 Å². The second-order valence-corrected chi connectivity index (χ2v) is 12.3. The van der Waals surface area contributed by atoms with Crippen LogP contribution in [-0.2, 0) is 17.8 Å². The van der Waals surface area contributed by atoms with Crippen LogP contribution in [0.2, 0.25) is 5.02 Å². The number of aryl methyl sites for hydroxylation is 2. The molecule has 3 aromatic rings. The number of benzene rings is 3. The van der Waals surface area contributed by atoms with Crippen LogP contribution in [-0.4, -0.2) is 5.78 Å². The molecule has 0 aromatic heterocycles. The molecule has 1 heterocycles. The molecule has 0 amide bonds. The van der Waals surface area contributed by atoms with Gasteiger partial charge >= 0.3 is 0 Å². The number of halogens is 1. The monoisotopic (exact) mass is 565 g/mol. The summed E-state index contributed by atoms with van der Waals surface area (Å²) in [6.07, 6.45) is 1.90. The van der Waals surface area contributed by atoms with Gasteiger partial charge in [-0.2, -0.15) is 5.26 Å². The summed E-state index contributed by atoms with van der Waals surface area (Å²) in [7, 11) is 0. The van der Waals surface area contributed by atoms with E-state index in [1.54, 1.807) is 12.1 Å². The van der Waals surface area contributed by atoms with Gasteiger partial charge in [-0.1, -0.05) is 68.3 Å². The van der Waals surface area contributed by atoms with Crippen molar-refractivity contribution in [3.05, 3.63) is 116 Å². The number of allylic oxidation sites excluding steroid dienone is 3. The van der Waals surface area contributed by atoms with Crippen LogP contribution in [0.1, 0.15) is 67.3 Å². The molecular formula is C35H36ClN3O2. The number of hydrogen-bond acceptors (Lipinski definition) is 5. The zero-order valence-corrected chi connectivity index (χ0v) is 25.1. The summed E-state index contributed by atoms with van der Waals surface area (Å²) >= 11 is 6.04. The van der Waals surface area contributed by atoms with Crippen molar-refractivity contribution in [2.45, 2.75) is 66.4 Å². The zero-order chi connectivity index (χ0) is 29.5. The van der Waals surface area contributed by atoms with Gasteiger partial charge in [-0.25, -0.2) is 0 Å². The first kappa shape index (κ1) is 28.5. The number of carbonyl (C=O) groups is 1. The van der Waals surface area contributed by atoms with E-state index in [1.807, 2.05) is 49.1 Å². The summed E-state index contributed by atoms with van der Waals surface area (Å²) < 4.78 is 6.11. The number of hydrogen-bond donors (Lipinski definition) is 1. The predicted octanol–water partition coefficient (Wildman–Crippen LogP) is 8.04. The molecule has 0 saturated heterocycles. The molecule has 0 bridgehead atoms. The average Bonchev–Trinajstić information content (AvgIpc) is 2.93. The minimum absolute atomic E-state index is 0.0698. The lowest BCUT2D eigenvalue weighted by molar-refractivity contribution is -0.118. The molecule has 41 heavy (non-hydrogen) atoms. The number of nitriles is 1. The third kappa shape index (κ3) is 5.37. The maximum Gasteiger partial charge on any atom is 0.162 e. The van der Waals surface area contributed by atoms with Crippen molar-refractivity contribution in [1.82, 2.24) is 0 Å². The van der Waals surface area contributed by atoms with E-state index in [0.717, 1.165) is 51.4 Å². The van der Waals surface area contributed by atoms with Crippen LogP contribution in [0.25, 0.3) is 0 Å². The first-order valence-corrected chi connectivity index (χ1v) is 14.4. The lowest BCUT2D eigenvalue weighted by Gasteiger charge is -2.44. The van der Waals surface area contributed by atoms with Crippen molar-refractivity contribution < 1.29 is 9.53 Å². The SMILES string of the molecule is CCc1ccccc1N1C(N)=C(C#N)C(c2cc(C)cc(COc3ccc(Cl)cc3)c2C)C2=C1CC(C)(C)CC2=O. The number of ether oxygens (including phenoxy) is 1. The van der Waals surface area contributed by atoms with Crippen molar-refractivity contribution in [3.8, 4) is 11.8 Å². The van der Waals surface area contributed by atoms with Crippen molar-refractivity contribution in [2.24, 2.45) is 11.1 Å². The van der Waals surface area contributed by atoms with Crippen LogP contribution >= 0.6 is 11.6 Å². The van der Waals surface area contributed by atoms with Gasteiger partial charge in [0.05, 0.1) is 23.2 Å². The Hall–Kier alpha value is -4.01. The summed E-state index contributed by atoms with van der Waals surface area (Å²) in [6.45, 7) is 10.8. The largest absolute Gasteiger partial charge is 0.489 e. The Bertz CT molecular complexity index is 1630. The number of nitrogens with zero attached hydrogens (tertiary/aromatic N) is 2. The van der Waals surface area contributed by atoms with Gasteiger partial charge in [0.15, 0.2) is 5.78 Å². The van der Waals surface area contributed by atoms with Gasteiger partial charge in [0.1, 0.15) is 18.2 Å². The zero-order valence-electron chi connectivity index (χ0n) is 24.3. The van der Waals surface area contributed by atoms with E-state index in [-0.39, 0.29) is 11.2 Å². The number of para-hydroxylation sites is 1. The van der Waals surface area contributed by atoms with Gasteiger partial charge in [0.2, 0.25) is 0 Å². The van der Waals surface area contributed by atoms with Gasteiger partial charge in [-0.15, -0.1) is 0 Å². The van der Waals surface area contributed by atoms with Crippen LogP contribution in [0.4, 0.5) is 5.69 Å². The summed E-state index contributed by atoms with van der Waals surface area (Å²) in [5, 5.41) is 11.2. The van der Waals surface area contributed by atoms with Gasteiger partial charge in [0.25, 0.3) is 0 Å². The average molecular weight is 566 g/mol. The molecule has 0 fully saturated rings. The summed E-state index contributed by atoms with van der Waals surface area (Å²) in [5.41, 5.74) is 14.7. The molecule has 0 saturated carbocycles. The molecular weight excluding hydrogens is 530 g/mol. The second-order valence-electron chi connectivity index (χ2n) is 11.8. The highest BCUT2D eigenvalue weighted by Crippen LogP contribution is 2.51. The fourth-order valence-electron chi connectivity index (χ4n) is 6.23. The van der Waals surface area contributed by atoms with Crippen LogP contribution < -0.4 is 15.4 Å². The molecule has 1 unspecified atom stereocenters. The molecule has 2 aliphatic rings. The van der Waals surface area contributed by atoms with E-state index in [4.69, 9.17) is 22.1 Å². The number of Topliss-reactive ketones (excluding diaryl/α,β-unsaturated/α-hetero) is 1. The minimum atomic E-state index is -0.544. The standard InChI is InChI=1S/C35H36ClN3O2/c1-6-23-9-7-8-10-29(23)39-30-17-35(4,5)18-31(40)33(30)32(28(19-37)34(39)38)27-16-21(2)15-24(22(27)3)20-41-26-13-11-25(36)12-14-26/h7-16,32H,6,17-18,20,38H2,1-5H3. The molecule has 5 rings (SSSR count). The lowest BCUT2D eigenvalue weighted by Crippen LogP contribution is -2.42. The van der Waals surface area contributed by atoms with Crippen LogP contribution in [0.3, 0.4) is 0 Å².